The molecule has 1 aromatic carbocycles. The Kier molecular flexibility index (Phi) is 7.02. The minimum Gasteiger partial charge on any atom is -0.439 e. The summed E-state index contributed by atoms with van der Waals surface area (Å²) < 4.78 is 18.6. The number of nitrogens with one attached hydrogen (secondary N) is 1. The van der Waals surface area contributed by atoms with E-state index in [9.17, 15) is 9.18 Å². The lowest BCUT2D eigenvalue weighted by Crippen LogP contribution is -2.40. The molecule has 0 aliphatic carbocycles. The molecule has 1 aromatic heterocycles. The lowest BCUT2D eigenvalue weighted by atomic mass is 10.2. The molecule has 0 spiro atoms. The maximum Gasteiger partial charge on any atom is 0.237 e. The highest BCUT2D eigenvalue weighted by molar-refractivity contribution is 7.98. The number of amides is 1. The molecule has 0 fully saturated rings. The molecule has 24 heavy (non-hydrogen) atoms. The lowest BCUT2D eigenvalue weighted by Gasteiger charge is -2.11. The third-order valence-electron chi connectivity index (χ3n) is 3.25. The Morgan fingerprint density at radius 3 is 2.92 bits per heavy atom. The predicted molar refractivity (Wildman–Crippen MR) is 93.5 cm³/mol. The maximum absolute atomic E-state index is 13.1. The van der Waals surface area contributed by atoms with Crippen molar-refractivity contribution in [2.75, 3.05) is 12.0 Å². The third kappa shape index (κ3) is 5.82. The van der Waals surface area contributed by atoms with E-state index in [-0.39, 0.29) is 11.7 Å². The van der Waals surface area contributed by atoms with Crippen LogP contribution in [0.4, 0.5) is 4.39 Å². The van der Waals surface area contributed by atoms with Gasteiger partial charge in [0.2, 0.25) is 11.8 Å². The number of nitrogens with zero attached hydrogens (tertiary/aromatic N) is 1. The van der Waals surface area contributed by atoms with Gasteiger partial charge in [-0.05, 0) is 36.1 Å². The Bertz CT molecular complexity index is 667. The maximum atomic E-state index is 13.1. The van der Waals surface area contributed by atoms with Gasteiger partial charge in [-0.15, -0.1) is 0 Å². The zero-order chi connectivity index (χ0) is 17.4. The van der Waals surface area contributed by atoms with Crippen LogP contribution in [0.5, 0.6) is 11.6 Å². The van der Waals surface area contributed by atoms with Crippen molar-refractivity contribution in [2.24, 2.45) is 5.73 Å². The normalized spacial score (nSPS) is 11.8. The standard InChI is InChI=1S/C17H20FN3O2S/c1-24-8-7-15(19)17(22)21-11-12-5-6-16(20-10-12)23-14-4-2-3-13(18)9-14/h2-6,9-10,15H,7-8,11,19H2,1H3,(H,21,22)/t15-/m0/s1. The number of nitrogens with two attached hydrogens (primary N) is 1. The van der Waals surface area contributed by atoms with Crippen LogP contribution in [0.3, 0.4) is 0 Å². The van der Waals surface area contributed by atoms with Crippen LogP contribution in [0.2, 0.25) is 0 Å². The molecule has 0 saturated carbocycles. The fraction of sp³-hybridized carbons (Fsp3) is 0.294. The van der Waals surface area contributed by atoms with E-state index in [1.165, 1.54) is 12.1 Å². The number of ether oxygens (including phenoxy) is 1. The fourth-order valence-electron chi connectivity index (χ4n) is 1.92. The van der Waals surface area contributed by atoms with Crippen molar-refractivity contribution < 1.29 is 13.9 Å². The number of benzene rings is 1. The first-order chi connectivity index (χ1) is 11.6. The number of rotatable bonds is 8. The van der Waals surface area contributed by atoms with E-state index in [0.29, 0.717) is 24.6 Å². The van der Waals surface area contributed by atoms with Crippen LogP contribution in [0.25, 0.3) is 0 Å². The number of carbonyl (C=O) groups excluding carboxylic acids is 1. The molecule has 5 nitrogen and oxygen atoms in total. The summed E-state index contributed by atoms with van der Waals surface area (Å²) in [5, 5.41) is 2.78. The van der Waals surface area contributed by atoms with Crippen LogP contribution in [0, 0.1) is 5.82 Å². The second kappa shape index (κ2) is 9.24. The highest BCUT2D eigenvalue weighted by Gasteiger charge is 2.12. The molecule has 7 heteroatoms. The van der Waals surface area contributed by atoms with Crippen molar-refractivity contribution in [1.29, 1.82) is 0 Å². The second-order valence-corrected chi connectivity index (χ2v) is 6.16. The van der Waals surface area contributed by atoms with Gasteiger partial charge in [0.15, 0.2) is 0 Å². The van der Waals surface area contributed by atoms with E-state index < -0.39 is 6.04 Å². The van der Waals surface area contributed by atoms with Crippen molar-refractivity contribution in [3.8, 4) is 11.6 Å². The van der Waals surface area contributed by atoms with Gasteiger partial charge in [0.05, 0.1) is 6.04 Å². The number of hydrogen-bond donors (Lipinski definition) is 2. The van der Waals surface area contributed by atoms with Crippen LogP contribution < -0.4 is 15.8 Å². The number of carbonyl (C=O) groups is 1. The molecular weight excluding hydrogens is 329 g/mol. The van der Waals surface area contributed by atoms with Gasteiger partial charge < -0.3 is 15.8 Å². The predicted octanol–water partition coefficient (Wildman–Crippen LogP) is 2.71. The van der Waals surface area contributed by atoms with E-state index in [1.54, 1.807) is 42.2 Å². The molecule has 1 heterocycles. The van der Waals surface area contributed by atoms with Crippen molar-refractivity contribution >= 4 is 17.7 Å². The minimum absolute atomic E-state index is 0.177. The lowest BCUT2D eigenvalue weighted by molar-refractivity contribution is -0.122. The Hall–Kier alpha value is -2.12. The molecule has 2 rings (SSSR count). The molecule has 0 saturated heterocycles. The van der Waals surface area contributed by atoms with Gasteiger partial charge in [-0.1, -0.05) is 12.1 Å². The molecule has 0 bridgehead atoms. The van der Waals surface area contributed by atoms with Gasteiger partial charge in [0, 0.05) is 24.9 Å². The molecule has 0 aliphatic rings. The average Bonchev–Trinajstić information content (AvgIpc) is 2.58. The SMILES string of the molecule is CSCC[C@H](N)C(=O)NCc1ccc(Oc2cccc(F)c2)nc1. The number of pyridine rings is 1. The summed E-state index contributed by atoms with van der Waals surface area (Å²) in [7, 11) is 0. The van der Waals surface area contributed by atoms with Crippen LogP contribution in [-0.4, -0.2) is 28.9 Å². The fourth-order valence-corrected chi connectivity index (χ4v) is 2.41. The van der Waals surface area contributed by atoms with Gasteiger partial charge in [-0.25, -0.2) is 9.37 Å². The Balaban J connectivity index is 1.84. The van der Waals surface area contributed by atoms with Crippen molar-refractivity contribution in [3.05, 3.63) is 54.0 Å². The van der Waals surface area contributed by atoms with Gasteiger partial charge >= 0.3 is 0 Å². The number of hydrogen-bond acceptors (Lipinski definition) is 5. The first-order valence-electron chi connectivity index (χ1n) is 7.49. The molecular formula is C17H20FN3O2S. The monoisotopic (exact) mass is 349 g/mol. The van der Waals surface area contributed by atoms with E-state index in [1.807, 2.05) is 6.26 Å². The van der Waals surface area contributed by atoms with Crippen molar-refractivity contribution in [3.63, 3.8) is 0 Å². The number of thioether (sulfide) groups is 1. The Morgan fingerprint density at radius 1 is 1.42 bits per heavy atom. The first kappa shape index (κ1) is 18.2. The van der Waals surface area contributed by atoms with Crippen molar-refractivity contribution in [1.82, 2.24) is 10.3 Å². The summed E-state index contributed by atoms with van der Waals surface area (Å²) in [6, 6.07) is 8.79. The molecule has 1 amide bonds. The van der Waals surface area contributed by atoms with Crippen molar-refractivity contribution in [2.45, 2.75) is 19.0 Å². The van der Waals surface area contributed by atoms with E-state index in [0.717, 1.165) is 11.3 Å². The quantitative estimate of drug-likeness (QED) is 0.766. The van der Waals surface area contributed by atoms with E-state index in [4.69, 9.17) is 10.5 Å². The summed E-state index contributed by atoms with van der Waals surface area (Å²) in [6.45, 7) is 0.346. The molecule has 1 atom stereocenters. The van der Waals surface area contributed by atoms with Crippen LogP contribution in [0.1, 0.15) is 12.0 Å². The zero-order valence-corrected chi connectivity index (χ0v) is 14.2. The van der Waals surface area contributed by atoms with Gasteiger partial charge in [-0.3, -0.25) is 4.79 Å². The van der Waals surface area contributed by atoms with E-state index in [2.05, 4.69) is 10.3 Å². The summed E-state index contributed by atoms with van der Waals surface area (Å²) in [5.41, 5.74) is 6.62. The molecule has 0 unspecified atom stereocenters. The summed E-state index contributed by atoms with van der Waals surface area (Å²) in [4.78, 5) is 16.0. The Labute approximate surface area is 144 Å². The van der Waals surface area contributed by atoms with Crippen LogP contribution in [-0.2, 0) is 11.3 Å². The molecule has 3 N–H and O–H groups in total. The van der Waals surface area contributed by atoms with E-state index >= 15 is 0 Å². The molecule has 0 aliphatic heterocycles. The topological polar surface area (TPSA) is 77.2 Å². The highest BCUT2D eigenvalue weighted by Crippen LogP contribution is 2.19. The first-order valence-corrected chi connectivity index (χ1v) is 8.88. The number of halogens is 1. The van der Waals surface area contributed by atoms with Crippen LogP contribution in [0.15, 0.2) is 42.6 Å². The molecule has 2 aromatic rings. The zero-order valence-electron chi connectivity index (χ0n) is 13.4. The second-order valence-electron chi connectivity index (χ2n) is 5.17. The highest BCUT2D eigenvalue weighted by atomic mass is 32.2. The smallest absolute Gasteiger partial charge is 0.237 e. The molecule has 0 radical (unpaired) electrons. The Morgan fingerprint density at radius 2 is 2.25 bits per heavy atom. The third-order valence-corrected chi connectivity index (χ3v) is 3.90. The number of aromatic nitrogens is 1. The summed E-state index contributed by atoms with van der Waals surface area (Å²) in [6.07, 6.45) is 4.22. The van der Waals surface area contributed by atoms with Gasteiger partial charge in [0.1, 0.15) is 11.6 Å². The molecule has 128 valence electrons. The largest absolute Gasteiger partial charge is 0.439 e. The average molecular weight is 349 g/mol. The summed E-state index contributed by atoms with van der Waals surface area (Å²) in [5.74, 6) is 1.03. The van der Waals surface area contributed by atoms with Gasteiger partial charge in [-0.2, -0.15) is 11.8 Å². The van der Waals surface area contributed by atoms with Crippen LogP contribution >= 0.6 is 11.8 Å². The summed E-state index contributed by atoms with van der Waals surface area (Å²) >= 11 is 1.66. The van der Waals surface area contributed by atoms with Gasteiger partial charge in [0.25, 0.3) is 0 Å². The minimum atomic E-state index is -0.499.